The molecular formula is C23H26N2O3. The number of carbonyl (C=O) groups excluding carboxylic acids is 2. The number of carbonyl (C=O) groups is 2. The lowest BCUT2D eigenvalue weighted by molar-refractivity contribution is -0.127. The first-order valence-corrected chi connectivity index (χ1v) is 9.60. The van der Waals surface area contributed by atoms with Crippen LogP contribution in [0.2, 0.25) is 0 Å². The summed E-state index contributed by atoms with van der Waals surface area (Å²) >= 11 is 0. The minimum absolute atomic E-state index is 0.0293. The first kappa shape index (κ1) is 19.7. The summed E-state index contributed by atoms with van der Waals surface area (Å²) in [7, 11) is 1.62. The monoisotopic (exact) mass is 378 g/mol. The molecule has 0 saturated carbocycles. The van der Waals surface area contributed by atoms with Crippen molar-refractivity contribution in [2.75, 3.05) is 33.3 Å². The third-order valence-electron chi connectivity index (χ3n) is 5.00. The number of ether oxygens (including phenoxy) is 1. The molecule has 1 aliphatic heterocycles. The van der Waals surface area contributed by atoms with E-state index in [2.05, 4.69) is 6.92 Å². The van der Waals surface area contributed by atoms with Crippen LogP contribution in [0.1, 0.15) is 28.4 Å². The van der Waals surface area contributed by atoms with Crippen molar-refractivity contribution in [1.29, 1.82) is 0 Å². The maximum Gasteiger partial charge on any atom is 0.253 e. The van der Waals surface area contributed by atoms with Crippen LogP contribution in [-0.2, 0) is 11.2 Å². The lowest BCUT2D eigenvalue weighted by Gasteiger charge is -2.34. The number of nitrogens with zero attached hydrogens (tertiary/aromatic N) is 2. The first-order chi connectivity index (χ1) is 13.6. The minimum Gasteiger partial charge on any atom is -0.497 e. The fraction of sp³-hybridized carbons (Fsp3) is 0.304. The fourth-order valence-electron chi connectivity index (χ4n) is 3.21. The van der Waals surface area contributed by atoms with Crippen LogP contribution in [0.5, 0.6) is 5.75 Å². The van der Waals surface area contributed by atoms with Crippen LogP contribution in [0.25, 0.3) is 6.08 Å². The maximum atomic E-state index is 12.6. The average Bonchev–Trinajstić information content (AvgIpc) is 2.77. The second-order valence-corrected chi connectivity index (χ2v) is 6.78. The molecular weight excluding hydrogens is 352 g/mol. The molecule has 0 aliphatic carbocycles. The molecule has 5 heteroatoms. The number of methoxy groups -OCH3 is 1. The molecule has 2 aromatic carbocycles. The number of amides is 2. The van der Waals surface area contributed by atoms with E-state index in [0.29, 0.717) is 31.7 Å². The van der Waals surface area contributed by atoms with Crippen LogP contribution in [-0.4, -0.2) is 54.9 Å². The van der Waals surface area contributed by atoms with Crippen molar-refractivity contribution in [2.24, 2.45) is 0 Å². The van der Waals surface area contributed by atoms with Gasteiger partial charge in [-0.2, -0.15) is 0 Å². The van der Waals surface area contributed by atoms with E-state index in [-0.39, 0.29) is 11.8 Å². The predicted molar refractivity (Wildman–Crippen MR) is 110 cm³/mol. The molecule has 0 N–H and O–H groups in total. The Hall–Kier alpha value is -3.08. The van der Waals surface area contributed by atoms with E-state index in [1.807, 2.05) is 53.4 Å². The van der Waals surface area contributed by atoms with E-state index in [9.17, 15) is 9.59 Å². The Balaban J connectivity index is 1.54. The third kappa shape index (κ3) is 4.80. The van der Waals surface area contributed by atoms with Gasteiger partial charge in [-0.25, -0.2) is 0 Å². The molecule has 0 unspecified atom stereocenters. The molecule has 0 radical (unpaired) electrons. The normalized spacial score (nSPS) is 14.4. The number of hydrogen-bond donors (Lipinski definition) is 0. The lowest BCUT2D eigenvalue weighted by Crippen LogP contribution is -2.50. The molecule has 3 rings (SSSR count). The Labute approximate surface area is 166 Å². The molecule has 1 aliphatic rings. The van der Waals surface area contributed by atoms with Crippen molar-refractivity contribution in [3.05, 3.63) is 71.3 Å². The number of hydrogen-bond acceptors (Lipinski definition) is 3. The zero-order valence-electron chi connectivity index (χ0n) is 16.4. The van der Waals surface area contributed by atoms with Gasteiger partial charge in [0.1, 0.15) is 5.75 Å². The highest BCUT2D eigenvalue weighted by molar-refractivity contribution is 5.95. The number of rotatable bonds is 5. The SMILES string of the molecule is CCc1ccc(C(=O)N2CCN(C(=O)/C=C/c3cccc(OC)c3)CC2)cc1. The zero-order chi connectivity index (χ0) is 19.9. The average molecular weight is 378 g/mol. The number of benzene rings is 2. The van der Waals surface area contributed by atoms with Crippen LogP contribution >= 0.6 is 0 Å². The Bertz CT molecular complexity index is 850. The van der Waals surface area contributed by atoms with Gasteiger partial charge < -0.3 is 14.5 Å². The minimum atomic E-state index is -0.0396. The summed E-state index contributed by atoms with van der Waals surface area (Å²) in [6.07, 6.45) is 4.33. The lowest BCUT2D eigenvalue weighted by atomic mass is 10.1. The molecule has 1 fully saturated rings. The van der Waals surface area contributed by atoms with Crippen molar-refractivity contribution in [2.45, 2.75) is 13.3 Å². The highest BCUT2D eigenvalue weighted by Gasteiger charge is 2.23. The molecule has 2 amide bonds. The topological polar surface area (TPSA) is 49.9 Å². The van der Waals surface area contributed by atoms with Gasteiger partial charge in [-0.3, -0.25) is 9.59 Å². The van der Waals surface area contributed by atoms with Crippen molar-refractivity contribution in [3.8, 4) is 5.75 Å². The van der Waals surface area contributed by atoms with Gasteiger partial charge in [0.15, 0.2) is 0 Å². The summed E-state index contributed by atoms with van der Waals surface area (Å²) in [6.45, 7) is 4.27. The van der Waals surface area contributed by atoms with E-state index in [4.69, 9.17) is 4.74 Å². The number of piperazine rings is 1. The Morgan fingerprint density at radius 3 is 2.32 bits per heavy atom. The standard InChI is InChI=1S/C23H26N2O3/c1-3-18-7-10-20(11-8-18)23(27)25-15-13-24(14-16-25)22(26)12-9-19-5-4-6-21(17-19)28-2/h4-12,17H,3,13-16H2,1-2H3/b12-9+. The summed E-state index contributed by atoms with van der Waals surface area (Å²) in [5.74, 6) is 0.748. The van der Waals surface area contributed by atoms with Gasteiger partial charge in [0.25, 0.3) is 5.91 Å². The molecule has 0 spiro atoms. The van der Waals surface area contributed by atoms with Crippen LogP contribution in [0.3, 0.4) is 0 Å². The molecule has 0 bridgehead atoms. The smallest absolute Gasteiger partial charge is 0.253 e. The largest absolute Gasteiger partial charge is 0.497 e. The molecule has 2 aromatic rings. The van der Waals surface area contributed by atoms with Crippen molar-refractivity contribution >= 4 is 17.9 Å². The fourth-order valence-corrected chi connectivity index (χ4v) is 3.21. The first-order valence-electron chi connectivity index (χ1n) is 9.60. The quantitative estimate of drug-likeness (QED) is 0.751. The summed E-state index contributed by atoms with van der Waals surface area (Å²) < 4.78 is 5.19. The highest BCUT2D eigenvalue weighted by atomic mass is 16.5. The summed E-state index contributed by atoms with van der Waals surface area (Å²) in [5, 5.41) is 0. The Morgan fingerprint density at radius 2 is 1.68 bits per heavy atom. The van der Waals surface area contributed by atoms with Gasteiger partial charge in [0, 0.05) is 37.8 Å². The maximum absolute atomic E-state index is 12.6. The van der Waals surface area contributed by atoms with Gasteiger partial charge >= 0.3 is 0 Å². The predicted octanol–water partition coefficient (Wildman–Crippen LogP) is 3.26. The van der Waals surface area contributed by atoms with Crippen molar-refractivity contribution < 1.29 is 14.3 Å². The third-order valence-corrected chi connectivity index (χ3v) is 5.00. The van der Waals surface area contributed by atoms with Gasteiger partial charge in [-0.05, 0) is 47.9 Å². The van der Waals surface area contributed by atoms with Crippen LogP contribution in [0.4, 0.5) is 0 Å². The molecule has 5 nitrogen and oxygen atoms in total. The van der Waals surface area contributed by atoms with Crippen LogP contribution in [0, 0.1) is 0 Å². The molecule has 146 valence electrons. The Kier molecular flexibility index (Phi) is 6.48. The second-order valence-electron chi connectivity index (χ2n) is 6.78. The molecule has 0 atom stereocenters. The van der Waals surface area contributed by atoms with E-state index in [1.165, 1.54) is 5.56 Å². The molecule has 1 heterocycles. The van der Waals surface area contributed by atoms with Crippen LogP contribution < -0.4 is 4.74 Å². The van der Waals surface area contributed by atoms with Gasteiger partial charge in [-0.1, -0.05) is 31.2 Å². The Morgan fingerprint density at radius 1 is 1.00 bits per heavy atom. The number of aryl methyl sites for hydroxylation is 1. The highest BCUT2D eigenvalue weighted by Crippen LogP contribution is 2.15. The van der Waals surface area contributed by atoms with Gasteiger partial charge in [0.2, 0.25) is 5.91 Å². The van der Waals surface area contributed by atoms with Crippen molar-refractivity contribution in [3.63, 3.8) is 0 Å². The van der Waals surface area contributed by atoms with Crippen LogP contribution in [0.15, 0.2) is 54.6 Å². The van der Waals surface area contributed by atoms with Gasteiger partial charge in [-0.15, -0.1) is 0 Å². The molecule has 28 heavy (non-hydrogen) atoms. The summed E-state index contributed by atoms with van der Waals surface area (Å²) in [5.41, 5.74) is 2.83. The zero-order valence-corrected chi connectivity index (χ0v) is 16.4. The second kappa shape index (κ2) is 9.22. The summed E-state index contributed by atoms with van der Waals surface area (Å²) in [6, 6.07) is 15.3. The van der Waals surface area contributed by atoms with E-state index in [0.717, 1.165) is 17.7 Å². The van der Waals surface area contributed by atoms with E-state index < -0.39 is 0 Å². The molecule has 1 saturated heterocycles. The van der Waals surface area contributed by atoms with E-state index in [1.54, 1.807) is 24.2 Å². The summed E-state index contributed by atoms with van der Waals surface area (Å²) in [4.78, 5) is 28.7. The van der Waals surface area contributed by atoms with Crippen molar-refractivity contribution in [1.82, 2.24) is 9.80 Å². The van der Waals surface area contributed by atoms with E-state index >= 15 is 0 Å². The molecule has 0 aromatic heterocycles. The van der Waals surface area contributed by atoms with Gasteiger partial charge in [0.05, 0.1) is 7.11 Å².